The van der Waals surface area contributed by atoms with Crippen LogP contribution in [0.4, 0.5) is 0 Å². The predicted octanol–water partition coefficient (Wildman–Crippen LogP) is -0.652. The van der Waals surface area contributed by atoms with E-state index in [-0.39, 0.29) is 24.0 Å². The maximum absolute atomic E-state index is 12.0. The lowest BCUT2D eigenvalue weighted by atomic mass is 9.81. The van der Waals surface area contributed by atoms with Crippen LogP contribution in [0, 0.1) is 5.41 Å². The maximum Gasteiger partial charge on any atom is 0.234 e. The summed E-state index contributed by atoms with van der Waals surface area (Å²) in [6, 6.07) is 0. The summed E-state index contributed by atoms with van der Waals surface area (Å²) in [5, 5.41) is 22.1. The van der Waals surface area contributed by atoms with Crippen LogP contribution in [0.2, 0.25) is 0 Å². The largest absolute Gasteiger partial charge is 0.396 e. The van der Waals surface area contributed by atoms with E-state index < -0.39 is 0 Å². The molecule has 0 bridgehead atoms. The highest BCUT2D eigenvalue weighted by atomic mass is 16.5. The summed E-state index contributed by atoms with van der Waals surface area (Å²) >= 11 is 0. The Labute approximate surface area is 120 Å². The molecular formula is C14H26N2O4. The van der Waals surface area contributed by atoms with Gasteiger partial charge in [-0.2, -0.15) is 0 Å². The van der Waals surface area contributed by atoms with Crippen LogP contribution >= 0.6 is 0 Å². The fourth-order valence-corrected chi connectivity index (χ4v) is 2.92. The van der Waals surface area contributed by atoms with Crippen molar-refractivity contribution < 1.29 is 19.7 Å². The number of aliphatic hydroxyl groups excluding tert-OH is 2. The van der Waals surface area contributed by atoms with Crippen LogP contribution in [0.3, 0.4) is 0 Å². The third-order valence-electron chi connectivity index (χ3n) is 4.40. The van der Waals surface area contributed by atoms with E-state index in [1.54, 1.807) is 0 Å². The molecule has 1 unspecified atom stereocenters. The van der Waals surface area contributed by atoms with Crippen LogP contribution < -0.4 is 5.32 Å². The minimum atomic E-state index is -0.309. The summed E-state index contributed by atoms with van der Waals surface area (Å²) in [5.74, 6) is -0.0292. The molecule has 0 aliphatic carbocycles. The zero-order valence-electron chi connectivity index (χ0n) is 12.0. The average molecular weight is 286 g/mol. The quantitative estimate of drug-likeness (QED) is 0.625. The van der Waals surface area contributed by atoms with Crippen molar-refractivity contribution in [3.05, 3.63) is 0 Å². The molecule has 0 saturated carbocycles. The van der Waals surface area contributed by atoms with Crippen molar-refractivity contribution in [3.63, 3.8) is 0 Å². The summed E-state index contributed by atoms with van der Waals surface area (Å²) in [5.41, 5.74) is -0.227. The normalized spacial score (nSPS) is 27.2. The van der Waals surface area contributed by atoms with Crippen LogP contribution in [0.5, 0.6) is 0 Å². The van der Waals surface area contributed by atoms with Gasteiger partial charge in [-0.15, -0.1) is 0 Å². The van der Waals surface area contributed by atoms with Gasteiger partial charge < -0.3 is 20.3 Å². The summed E-state index contributed by atoms with van der Waals surface area (Å²) in [4.78, 5) is 14.0. The molecule has 1 atom stereocenters. The Morgan fingerprint density at radius 2 is 2.15 bits per heavy atom. The first-order chi connectivity index (χ1) is 9.63. The Bertz CT molecular complexity index is 318. The van der Waals surface area contributed by atoms with Gasteiger partial charge >= 0.3 is 0 Å². The van der Waals surface area contributed by atoms with E-state index in [9.17, 15) is 15.0 Å². The highest BCUT2D eigenvalue weighted by molar-refractivity contribution is 5.78. The second-order valence-electron chi connectivity index (χ2n) is 6.08. The Morgan fingerprint density at radius 3 is 2.80 bits per heavy atom. The van der Waals surface area contributed by atoms with E-state index >= 15 is 0 Å². The number of β-amino-alcohol motifs (C(OH)–C–C–N with tert-alkyl or cyclic N) is 1. The maximum atomic E-state index is 12.0. The average Bonchev–Trinajstić information content (AvgIpc) is 2.46. The van der Waals surface area contributed by atoms with Crippen molar-refractivity contribution in [2.45, 2.75) is 31.8 Å². The Balaban J connectivity index is 1.73. The first-order valence-electron chi connectivity index (χ1n) is 7.49. The third kappa shape index (κ3) is 4.41. The number of likely N-dealkylation sites (tertiary alicyclic amines) is 1. The van der Waals surface area contributed by atoms with Crippen LogP contribution in [0.15, 0.2) is 0 Å². The molecule has 116 valence electrons. The Morgan fingerprint density at radius 1 is 1.40 bits per heavy atom. The molecule has 3 N–H and O–H groups in total. The molecule has 2 saturated heterocycles. The highest BCUT2D eigenvalue weighted by Crippen LogP contribution is 2.28. The molecule has 2 aliphatic rings. The molecule has 0 aromatic carbocycles. The third-order valence-corrected chi connectivity index (χ3v) is 4.40. The monoisotopic (exact) mass is 286 g/mol. The molecular weight excluding hydrogens is 260 g/mol. The molecule has 6 heteroatoms. The van der Waals surface area contributed by atoms with Gasteiger partial charge in [-0.05, 0) is 32.2 Å². The van der Waals surface area contributed by atoms with E-state index in [2.05, 4.69) is 5.32 Å². The van der Waals surface area contributed by atoms with E-state index in [0.29, 0.717) is 32.8 Å². The van der Waals surface area contributed by atoms with Crippen molar-refractivity contribution in [1.82, 2.24) is 10.2 Å². The number of nitrogens with zero attached hydrogens (tertiary/aromatic N) is 1. The summed E-state index contributed by atoms with van der Waals surface area (Å²) in [6.07, 6.45) is 3.02. The van der Waals surface area contributed by atoms with Crippen molar-refractivity contribution in [2.75, 3.05) is 46.0 Å². The van der Waals surface area contributed by atoms with Gasteiger partial charge in [0.25, 0.3) is 0 Å². The van der Waals surface area contributed by atoms with Gasteiger partial charge in [0.2, 0.25) is 5.91 Å². The Hall–Kier alpha value is -0.690. The van der Waals surface area contributed by atoms with Crippen molar-refractivity contribution >= 4 is 5.91 Å². The van der Waals surface area contributed by atoms with Crippen LogP contribution in [0.1, 0.15) is 25.7 Å². The summed E-state index contributed by atoms with van der Waals surface area (Å²) < 4.78 is 5.31. The van der Waals surface area contributed by atoms with Crippen LogP contribution in [-0.2, 0) is 9.53 Å². The van der Waals surface area contributed by atoms with Gasteiger partial charge in [-0.1, -0.05) is 0 Å². The van der Waals surface area contributed by atoms with Gasteiger partial charge in [-0.25, -0.2) is 0 Å². The molecule has 0 spiro atoms. The van der Waals surface area contributed by atoms with Gasteiger partial charge in [0, 0.05) is 31.7 Å². The number of carbonyl (C=O) groups excluding carboxylic acids is 1. The molecule has 2 fully saturated rings. The topological polar surface area (TPSA) is 82.0 Å². The fourth-order valence-electron chi connectivity index (χ4n) is 2.92. The lowest BCUT2D eigenvalue weighted by Gasteiger charge is -2.36. The lowest BCUT2D eigenvalue weighted by molar-refractivity contribution is -0.124. The van der Waals surface area contributed by atoms with Gasteiger partial charge in [0.15, 0.2) is 0 Å². The number of ether oxygens (including phenoxy) is 1. The number of hydrogen-bond acceptors (Lipinski definition) is 5. The number of aliphatic hydroxyl groups is 2. The zero-order valence-corrected chi connectivity index (χ0v) is 12.0. The van der Waals surface area contributed by atoms with Crippen LogP contribution in [0.25, 0.3) is 0 Å². The fraction of sp³-hybridized carbons (Fsp3) is 0.929. The predicted molar refractivity (Wildman–Crippen MR) is 74.3 cm³/mol. The van der Waals surface area contributed by atoms with E-state index in [0.717, 1.165) is 32.2 Å². The molecule has 20 heavy (non-hydrogen) atoms. The van der Waals surface area contributed by atoms with E-state index in [4.69, 9.17) is 4.74 Å². The molecule has 2 heterocycles. The number of rotatable bonds is 5. The van der Waals surface area contributed by atoms with Gasteiger partial charge in [-0.3, -0.25) is 9.69 Å². The number of carbonyl (C=O) groups is 1. The number of hydrogen-bond donors (Lipinski definition) is 3. The van der Waals surface area contributed by atoms with Crippen molar-refractivity contribution in [1.29, 1.82) is 0 Å². The summed E-state index contributed by atoms with van der Waals surface area (Å²) in [6.45, 7) is 3.65. The number of piperidine rings is 1. The second-order valence-corrected chi connectivity index (χ2v) is 6.08. The molecule has 1 amide bonds. The van der Waals surface area contributed by atoms with E-state index in [1.807, 2.05) is 4.90 Å². The smallest absolute Gasteiger partial charge is 0.234 e. The number of amides is 1. The van der Waals surface area contributed by atoms with Crippen molar-refractivity contribution in [2.24, 2.45) is 5.41 Å². The molecule has 2 aliphatic heterocycles. The van der Waals surface area contributed by atoms with Crippen LogP contribution in [-0.4, -0.2) is 73.1 Å². The second kappa shape index (κ2) is 7.36. The first-order valence-corrected chi connectivity index (χ1v) is 7.49. The first kappa shape index (κ1) is 15.7. The minimum Gasteiger partial charge on any atom is -0.396 e. The molecule has 0 radical (unpaired) electrons. The molecule has 0 aromatic heterocycles. The van der Waals surface area contributed by atoms with Crippen molar-refractivity contribution in [3.8, 4) is 0 Å². The zero-order chi connectivity index (χ0) is 14.4. The molecule has 0 aromatic rings. The molecule has 2 rings (SSSR count). The standard InChI is InChI=1S/C14H26N2O4/c17-11-14(3-6-20-7-4-14)10-15-13(19)9-16-5-1-2-12(18)8-16/h12,17-18H,1-11H2,(H,15,19). The van der Waals surface area contributed by atoms with Gasteiger partial charge in [0.1, 0.15) is 0 Å². The minimum absolute atomic E-state index is 0.0292. The van der Waals surface area contributed by atoms with E-state index in [1.165, 1.54) is 0 Å². The SMILES string of the molecule is O=C(CN1CCCC(O)C1)NCC1(CO)CCOCC1. The lowest BCUT2D eigenvalue weighted by Crippen LogP contribution is -2.48. The highest BCUT2D eigenvalue weighted by Gasteiger charge is 2.32. The molecule has 6 nitrogen and oxygen atoms in total. The Kier molecular flexibility index (Phi) is 5.77. The summed E-state index contributed by atoms with van der Waals surface area (Å²) in [7, 11) is 0. The van der Waals surface area contributed by atoms with Gasteiger partial charge in [0.05, 0.1) is 19.3 Å². The number of nitrogens with one attached hydrogen (secondary N) is 1.